The van der Waals surface area contributed by atoms with Crippen LogP contribution < -0.4 is 24.8 Å². The topological polar surface area (TPSA) is 15.5 Å². The average Bonchev–Trinajstić information content (AvgIpc) is 2.68. The predicted octanol–water partition coefficient (Wildman–Crippen LogP) is 4.96. The number of hydrogen-bond donors (Lipinski definition) is 0. The van der Waals surface area contributed by atoms with E-state index < -0.39 is 0 Å². The van der Waals surface area contributed by atoms with Gasteiger partial charge in [0, 0.05) is 54.6 Å². The van der Waals surface area contributed by atoms with Crippen molar-refractivity contribution < 1.29 is 4.74 Å². The molecule has 0 unspecified atom stereocenters. The maximum atomic E-state index is 6.57. The van der Waals surface area contributed by atoms with Crippen LogP contribution >= 0.6 is 0 Å². The van der Waals surface area contributed by atoms with Crippen molar-refractivity contribution in [1.82, 2.24) is 4.58 Å². The van der Waals surface area contributed by atoms with E-state index in [0.29, 0.717) is 0 Å². The zero-order chi connectivity index (χ0) is 22.5. The molecular weight excluding hydrogens is 380 g/mol. The highest BCUT2D eigenvalue weighted by Crippen LogP contribution is 2.44. The van der Waals surface area contributed by atoms with Crippen LogP contribution in [-0.4, -0.2) is 25.2 Å². The van der Waals surface area contributed by atoms with E-state index in [9.17, 15) is 0 Å². The molecule has 2 aromatic rings. The van der Waals surface area contributed by atoms with E-state index in [1.807, 2.05) is 0 Å². The Morgan fingerprint density at radius 2 is 1.48 bits per heavy atom. The van der Waals surface area contributed by atoms with E-state index in [1.165, 1.54) is 49.7 Å². The van der Waals surface area contributed by atoms with Gasteiger partial charge in [-0.15, -0.1) is 0 Å². The fourth-order valence-electron chi connectivity index (χ4n) is 5.37. The third kappa shape index (κ3) is 2.75. The van der Waals surface area contributed by atoms with Crippen molar-refractivity contribution in [3.05, 3.63) is 63.7 Å². The quantitative estimate of drug-likeness (QED) is 0.567. The van der Waals surface area contributed by atoms with Crippen LogP contribution in [0.2, 0.25) is 0 Å². The molecule has 0 fully saturated rings. The highest BCUT2D eigenvalue weighted by Gasteiger charge is 2.33. The minimum absolute atomic E-state index is 0.0200. The second kappa shape index (κ2) is 6.12. The van der Waals surface area contributed by atoms with Gasteiger partial charge in [-0.05, 0) is 69.5 Å². The number of nitrogens with zero attached hydrogens (tertiary/aromatic N) is 2. The number of anilines is 1. The van der Waals surface area contributed by atoms with Gasteiger partial charge in [-0.3, -0.25) is 0 Å². The molecule has 3 heterocycles. The number of rotatable bonds is 0. The number of hydrogen-bond acceptors (Lipinski definition) is 2. The first-order chi connectivity index (χ1) is 14.4. The number of allylic oxidation sites excluding steroid dienone is 2. The van der Waals surface area contributed by atoms with Gasteiger partial charge < -0.3 is 9.64 Å². The summed E-state index contributed by atoms with van der Waals surface area (Å²) in [6.07, 6.45) is 4.72. The lowest BCUT2D eigenvalue weighted by Crippen LogP contribution is -2.47. The van der Waals surface area contributed by atoms with E-state index in [4.69, 9.17) is 4.74 Å². The van der Waals surface area contributed by atoms with Crippen LogP contribution in [0.25, 0.3) is 16.7 Å². The molecule has 0 bridgehead atoms. The molecule has 0 aromatic heterocycles. The molecule has 3 aliphatic rings. The van der Waals surface area contributed by atoms with Gasteiger partial charge in [0.1, 0.15) is 18.5 Å². The summed E-state index contributed by atoms with van der Waals surface area (Å²) in [5.74, 6) is 1.90. The summed E-state index contributed by atoms with van der Waals surface area (Å²) in [6, 6.07) is 9.09. The molecule has 5 rings (SSSR count). The van der Waals surface area contributed by atoms with Crippen molar-refractivity contribution in [3.8, 4) is 11.5 Å². The maximum absolute atomic E-state index is 6.57. The third-order valence-electron chi connectivity index (χ3n) is 7.66. The normalized spacial score (nSPS) is 20.1. The van der Waals surface area contributed by atoms with E-state index in [0.717, 1.165) is 11.5 Å². The molecule has 3 heteroatoms. The second-order valence-electron chi connectivity index (χ2n) is 10.5. The molecule has 31 heavy (non-hydrogen) atoms. The van der Waals surface area contributed by atoms with E-state index in [-0.39, 0.29) is 11.1 Å². The minimum Gasteiger partial charge on any atom is -0.456 e. The third-order valence-corrected chi connectivity index (χ3v) is 7.66. The van der Waals surface area contributed by atoms with Crippen LogP contribution in [0.3, 0.4) is 0 Å². The predicted molar refractivity (Wildman–Crippen MR) is 131 cm³/mol. The Morgan fingerprint density at radius 1 is 0.806 bits per heavy atom. The van der Waals surface area contributed by atoms with Crippen molar-refractivity contribution in [2.24, 2.45) is 0 Å². The van der Waals surface area contributed by atoms with Crippen molar-refractivity contribution in [2.75, 3.05) is 19.0 Å². The molecule has 0 spiro atoms. The fourth-order valence-corrected chi connectivity index (χ4v) is 5.37. The lowest BCUT2D eigenvalue weighted by Gasteiger charge is -2.41. The first-order valence-corrected chi connectivity index (χ1v) is 11.2. The van der Waals surface area contributed by atoms with Crippen LogP contribution in [-0.2, 0) is 0 Å². The molecule has 0 saturated heterocycles. The van der Waals surface area contributed by atoms with Gasteiger partial charge in [0.25, 0.3) is 0 Å². The van der Waals surface area contributed by atoms with E-state index in [1.54, 1.807) is 0 Å². The Balaban J connectivity index is 1.79. The SMILES string of the molecule is CC1=CC(C)(C)N(C)c2cc3c(cc21)C(C)=c1cc2c(cc1O3)=[N+](C)C(C)(C)C=C2C. The van der Waals surface area contributed by atoms with Crippen LogP contribution in [0, 0.1) is 0 Å². The Morgan fingerprint density at radius 3 is 2.19 bits per heavy atom. The van der Waals surface area contributed by atoms with Gasteiger partial charge >= 0.3 is 0 Å². The fraction of sp³-hybridized carbons (Fsp3) is 0.393. The first kappa shape index (κ1) is 20.1. The lowest BCUT2D eigenvalue weighted by molar-refractivity contribution is 0.433. The summed E-state index contributed by atoms with van der Waals surface area (Å²) in [5.41, 5.74) is 8.91. The van der Waals surface area contributed by atoms with Crippen molar-refractivity contribution in [3.63, 3.8) is 0 Å². The maximum Gasteiger partial charge on any atom is 0.211 e. The summed E-state index contributed by atoms with van der Waals surface area (Å²) < 4.78 is 8.92. The molecule has 0 amide bonds. The molecule has 3 aliphatic heterocycles. The molecule has 0 atom stereocenters. The first-order valence-electron chi connectivity index (χ1n) is 11.2. The highest BCUT2D eigenvalue weighted by atomic mass is 16.5. The van der Waals surface area contributed by atoms with Gasteiger partial charge in [-0.25, -0.2) is 4.58 Å². The zero-order valence-electron chi connectivity index (χ0n) is 20.3. The van der Waals surface area contributed by atoms with Crippen LogP contribution in [0.4, 0.5) is 5.69 Å². The van der Waals surface area contributed by atoms with E-state index >= 15 is 0 Å². The van der Waals surface area contributed by atoms with Crippen molar-refractivity contribution in [1.29, 1.82) is 0 Å². The van der Waals surface area contributed by atoms with Gasteiger partial charge in [-0.2, -0.15) is 0 Å². The molecule has 0 radical (unpaired) electrons. The summed E-state index contributed by atoms with van der Waals surface area (Å²) in [4.78, 5) is 2.35. The summed E-state index contributed by atoms with van der Waals surface area (Å²) >= 11 is 0. The number of likely N-dealkylation sites (N-methyl/N-ethyl adjacent to an activating group) is 2. The Labute approximate surface area is 185 Å². The largest absolute Gasteiger partial charge is 0.456 e. The smallest absolute Gasteiger partial charge is 0.211 e. The van der Waals surface area contributed by atoms with E-state index in [2.05, 4.69) is 108 Å². The van der Waals surface area contributed by atoms with Crippen LogP contribution in [0.15, 0.2) is 36.4 Å². The van der Waals surface area contributed by atoms with Crippen LogP contribution in [0.5, 0.6) is 11.5 Å². The van der Waals surface area contributed by atoms with Gasteiger partial charge in [-0.1, -0.05) is 6.08 Å². The van der Waals surface area contributed by atoms with Gasteiger partial charge in [0.2, 0.25) is 5.36 Å². The summed E-state index contributed by atoms with van der Waals surface area (Å²) in [6.45, 7) is 15.7. The van der Waals surface area contributed by atoms with Gasteiger partial charge in [0.15, 0.2) is 5.54 Å². The Kier molecular flexibility index (Phi) is 3.97. The Bertz CT molecular complexity index is 1350. The number of ether oxygens (including phenoxy) is 1. The minimum atomic E-state index is -0.0200. The molecule has 0 aliphatic carbocycles. The summed E-state index contributed by atoms with van der Waals surface area (Å²) in [5, 5.41) is 2.42. The number of benzene rings is 2. The molecule has 160 valence electrons. The highest BCUT2D eigenvalue weighted by molar-refractivity contribution is 5.87. The molecular formula is C28H33N2O+. The number of fused-ring (bicyclic) bond motifs is 4. The monoisotopic (exact) mass is 413 g/mol. The second-order valence-corrected chi connectivity index (χ2v) is 10.5. The average molecular weight is 414 g/mol. The lowest BCUT2D eigenvalue weighted by atomic mass is 9.86. The molecule has 0 N–H and O–H groups in total. The van der Waals surface area contributed by atoms with Gasteiger partial charge in [0.05, 0.1) is 11.6 Å². The van der Waals surface area contributed by atoms with Crippen molar-refractivity contribution in [2.45, 2.75) is 59.5 Å². The molecule has 2 aromatic carbocycles. The Hall–Kier alpha value is -2.81. The zero-order valence-corrected chi connectivity index (χ0v) is 20.3. The molecule has 3 nitrogen and oxygen atoms in total. The van der Waals surface area contributed by atoms with Crippen molar-refractivity contribution >= 4 is 22.4 Å². The summed E-state index contributed by atoms with van der Waals surface area (Å²) in [7, 11) is 4.34. The van der Waals surface area contributed by atoms with Crippen LogP contribution in [0.1, 0.15) is 65.2 Å². The molecule has 0 saturated carbocycles. The standard InChI is InChI=1S/C28H33N2O/c1-16-14-27(4,5)29(8)23-12-25-21(10-19(16)23)18(3)22-11-20-17(2)15-28(6,7)30(9)24(20)13-26(22)31-25/h10-15H,1-9H3/q+1.